The molecule has 7 heteroatoms. The van der Waals surface area contributed by atoms with E-state index in [0.29, 0.717) is 0 Å². The van der Waals surface area contributed by atoms with E-state index in [-0.39, 0.29) is 0 Å². The second-order valence-electron chi connectivity index (χ2n) is 2.84. The first-order valence-electron chi connectivity index (χ1n) is 3.32. The van der Waals surface area contributed by atoms with Gasteiger partial charge in [-0.3, -0.25) is 0 Å². The van der Waals surface area contributed by atoms with Crippen LogP contribution in [0.15, 0.2) is 0 Å². The molecule has 0 amide bonds. The average molecular weight is 203 g/mol. The highest BCUT2D eigenvalue weighted by Crippen LogP contribution is 2.25. The van der Waals surface area contributed by atoms with Gasteiger partial charge in [-0.05, 0) is 0 Å². The highest BCUT2D eigenvalue weighted by atomic mass is 32.3. The highest BCUT2D eigenvalue weighted by Gasteiger charge is 2.40. The van der Waals surface area contributed by atoms with Crippen LogP contribution in [-0.2, 0) is 10.2 Å². The lowest BCUT2D eigenvalue weighted by atomic mass is 10.2. The molecule has 3 nitrogen and oxygen atoms in total. The third-order valence-corrected chi connectivity index (χ3v) is 2.40. The van der Waals surface area contributed by atoms with Crippen LogP contribution in [0.5, 0.6) is 0 Å². The first-order valence-corrected chi connectivity index (χ1v) is 4.87. The topological polar surface area (TPSA) is 46.2 Å². The number of hydrogen-bond donors (Lipinski definition) is 1. The molecule has 1 atom stereocenters. The molecule has 0 aromatic heterocycles. The van der Waals surface area contributed by atoms with E-state index in [0.717, 1.165) is 0 Å². The molecule has 1 unspecified atom stereocenters. The van der Waals surface area contributed by atoms with Gasteiger partial charge in [0.25, 0.3) is 5.92 Å². The van der Waals surface area contributed by atoms with Gasteiger partial charge >= 0.3 is 10.2 Å². The van der Waals surface area contributed by atoms with Crippen LogP contribution in [0.3, 0.4) is 0 Å². The normalized spacial score (nSPS) is 29.1. The van der Waals surface area contributed by atoms with Gasteiger partial charge in [-0.1, -0.05) is 0 Å². The van der Waals surface area contributed by atoms with Crippen molar-refractivity contribution in [1.29, 1.82) is 0 Å². The molecule has 0 aromatic rings. The molecule has 72 valence electrons. The molecular formula is C5H8F3NO2S. The van der Waals surface area contributed by atoms with Crippen LogP contribution >= 0.6 is 0 Å². The third-order valence-electron chi connectivity index (χ3n) is 1.59. The van der Waals surface area contributed by atoms with Crippen molar-refractivity contribution >= 4 is 10.2 Å². The summed E-state index contributed by atoms with van der Waals surface area (Å²) >= 11 is 0. The number of hydrogen-bond acceptors (Lipinski definition) is 3. The summed E-state index contributed by atoms with van der Waals surface area (Å²) in [5.74, 6) is -3.78. The fraction of sp³-hybridized carbons (Fsp3) is 1.00. The Morgan fingerprint density at radius 1 is 1.50 bits per heavy atom. The van der Waals surface area contributed by atoms with E-state index in [4.69, 9.17) is 0 Å². The maximum Gasteiger partial charge on any atom is 0.303 e. The van der Waals surface area contributed by atoms with Crippen LogP contribution in [0.2, 0.25) is 0 Å². The number of nitrogens with one attached hydrogen (secondary N) is 1. The molecule has 1 heterocycles. The van der Waals surface area contributed by atoms with E-state index in [1.165, 1.54) is 0 Å². The van der Waals surface area contributed by atoms with Crippen molar-refractivity contribution in [2.45, 2.75) is 18.4 Å². The number of halogens is 3. The maximum absolute atomic E-state index is 12.4. The zero-order valence-corrected chi connectivity index (χ0v) is 6.87. The van der Waals surface area contributed by atoms with Gasteiger partial charge in [-0.2, -0.15) is 8.42 Å². The summed E-state index contributed by atoms with van der Waals surface area (Å²) in [7, 11) is -4.65. The molecule has 1 aliphatic rings. The summed E-state index contributed by atoms with van der Waals surface area (Å²) in [4.78, 5) is 0. The minimum absolute atomic E-state index is 0.576. The Kier molecular flexibility index (Phi) is 2.35. The lowest BCUT2D eigenvalue weighted by Crippen LogP contribution is -2.28. The molecule has 1 saturated heterocycles. The van der Waals surface area contributed by atoms with Gasteiger partial charge < -0.3 is 5.32 Å². The molecular weight excluding hydrogens is 195 g/mol. The smallest absolute Gasteiger partial charge is 0.303 e. The average Bonchev–Trinajstić information content (AvgIpc) is 2.05. The molecule has 0 spiro atoms. The Morgan fingerprint density at radius 2 is 2.08 bits per heavy atom. The van der Waals surface area contributed by atoms with Crippen molar-refractivity contribution in [1.82, 2.24) is 5.32 Å². The van der Waals surface area contributed by atoms with Crippen LogP contribution < -0.4 is 5.32 Å². The van der Waals surface area contributed by atoms with Crippen LogP contribution in [0, 0.1) is 0 Å². The maximum atomic E-state index is 12.4. The van der Waals surface area contributed by atoms with Gasteiger partial charge in [0.1, 0.15) is 0 Å². The van der Waals surface area contributed by atoms with Crippen molar-refractivity contribution in [2.75, 3.05) is 12.3 Å². The molecule has 1 N–H and O–H groups in total. The fourth-order valence-corrected chi connectivity index (χ4v) is 1.87. The lowest BCUT2D eigenvalue weighted by molar-refractivity contribution is 0.0216. The van der Waals surface area contributed by atoms with Crippen LogP contribution in [0.25, 0.3) is 0 Å². The largest absolute Gasteiger partial charge is 0.307 e. The minimum Gasteiger partial charge on any atom is -0.307 e. The Bertz CT molecular complexity index is 264. The predicted octanol–water partition coefficient (Wildman–Crippen LogP) is 0.283. The SMILES string of the molecule is O=S(=O)(F)CC1CC(F)(F)CN1. The monoisotopic (exact) mass is 203 g/mol. The first-order chi connectivity index (χ1) is 5.29. The van der Waals surface area contributed by atoms with E-state index in [1.807, 2.05) is 0 Å². The highest BCUT2D eigenvalue weighted by molar-refractivity contribution is 7.86. The van der Waals surface area contributed by atoms with E-state index < -0.39 is 40.9 Å². The van der Waals surface area contributed by atoms with Crippen LogP contribution in [0.4, 0.5) is 12.7 Å². The Balaban J connectivity index is 2.49. The third kappa shape index (κ3) is 2.98. The first kappa shape index (κ1) is 9.79. The van der Waals surface area contributed by atoms with Crippen LogP contribution in [0.1, 0.15) is 6.42 Å². The predicted molar refractivity (Wildman–Crippen MR) is 36.2 cm³/mol. The fourth-order valence-electron chi connectivity index (χ4n) is 1.16. The molecule has 0 radical (unpaired) electrons. The molecule has 0 bridgehead atoms. The van der Waals surface area contributed by atoms with E-state index in [9.17, 15) is 21.1 Å². The Hall–Kier alpha value is -0.300. The zero-order chi connectivity index (χ0) is 9.41. The van der Waals surface area contributed by atoms with E-state index >= 15 is 0 Å². The van der Waals surface area contributed by atoms with Crippen LogP contribution in [-0.4, -0.2) is 32.7 Å². The molecule has 1 aliphatic heterocycles. The summed E-state index contributed by atoms with van der Waals surface area (Å²) in [6.45, 7) is -0.576. The van der Waals surface area contributed by atoms with Crippen molar-refractivity contribution in [3.8, 4) is 0 Å². The van der Waals surface area contributed by atoms with Gasteiger partial charge in [-0.15, -0.1) is 3.89 Å². The van der Waals surface area contributed by atoms with Crippen molar-refractivity contribution in [2.24, 2.45) is 0 Å². The number of alkyl halides is 2. The van der Waals surface area contributed by atoms with E-state index in [1.54, 1.807) is 0 Å². The quantitative estimate of drug-likeness (QED) is 0.656. The summed E-state index contributed by atoms with van der Waals surface area (Å²) in [6.07, 6.45) is -0.615. The lowest BCUT2D eigenvalue weighted by Gasteiger charge is -2.06. The molecule has 1 rings (SSSR count). The summed E-state index contributed by atoms with van der Waals surface area (Å²) < 4.78 is 56.9. The molecule has 0 aromatic carbocycles. The van der Waals surface area contributed by atoms with Crippen molar-refractivity contribution < 1.29 is 21.1 Å². The molecule has 0 aliphatic carbocycles. The Morgan fingerprint density at radius 3 is 2.42 bits per heavy atom. The van der Waals surface area contributed by atoms with Crippen molar-refractivity contribution in [3.63, 3.8) is 0 Å². The van der Waals surface area contributed by atoms with E-state index in [2.05, 4.69) is 5.32 Å². The molecule has 1 fully saturated rings. The second kappa shape index (κ2) is 2.88. The molecule has 0 saturated carbocycles. The zero-order valence-electron chi connectivity index (χ0n) is 6.06. The van der Waals surface area contributed by atoms with Gasteiger partial charge in [0.2, 0.25) is 0 Å². The second-order valence-corrected chi connectivity index (χ2v) is 4.25. The Labute approximate surface area is 68.2 Å². The number of rotatable bonds is 2. The molecule has 12 heavy (non-hydrogen) atoms. The van der Waals surface area contributed by atoms with Crippen molar-refractivity contribution in [3.05, 3.63) is 0 Å². The van der Waals surface area contributed by atoms with Gasteiger partial charge in [-0.25, -0.2) is 8.78 Å². The standard InChI is InChI=1S/C5H8F3NO2S/c6-5(7)1-4(9-3-5)2-12(8,10)11/h4,9H,1-3H2. The summed E-state index contributed by atoms with van der Waals surface area (Å²) in [5, 5.41) is 2.23. The van der Waals surface area contributed by atoms with Gasteiger partial charge in [0.15, 0.2) is 0 Å². The summed E-state index contributed by atoms with van der Waals surface area (Å²) in [6, 6.07) is -0.963. The van der Waals surface area contributed by atoms with Gasteiger partial charge in [0.05, 0.1) is 12.3 Å². The minimum atomic E-state index is -4.65. The van der Waals surface area contributed by atoms with Gasteiger partial charge in [0, 0.05) is 12.5 Å². The summed E-state index contributed by atoms with van der Waals surface area (Å²) in [5.41, 5.74) is 0.